The molecule has 1 aromatic carbocycles. The van der Waals surface area contributed by atoms with Crippen LogP contribution in [-0.2, 0) is 0 Å². The first-order chi connectivity index (χ1) is 13.2. The Morgan fingerprint density at radius 2 is 1.93 bits per heavy atom. The molecular weight excluding hydrogens is 344 g/mol. The molecule has 1 amide bonds. The standard InChI is InChI=1S/C20H20N4O3/c1-26-17-6-4-14(5-7-17)18-22-23-19(27-18)15-8-11-24(12-9-15)20(25)16-3-2-10-21-13-16/h2-7,10,13,15H,8-9,11-12H2,1H3. The Labute approximate surface area is 157 Å². The normalized spacial score (nSPS) is 14.9. The summed E-state index contributed by atoms with van der Waals surface area (Å²) in [7, 11) is 1.63. The molecule has 4 rings (SSSR count). The quantitative estimate of drug-likeness (QED) is 0.707. The summed E-state index contributed by atoms with van der Waals surface area (Å²) < 4.78 is 11.1. The molecule has 138 valence electrons. The van der Waals surface area contributed by atoms with Gasteiger partial charge in [0, 0.05) is 37.0 Å². The second-order valence-electron chi connectivity index (χ2n) is 6.48. The van der Waals surface area contributed by atoms with Gasteiger partial charge in [0.15, 0.2) is 0 Å². The van der Waals surface area contributed by atoms with Gasteiger partial charge in [-0.2, -0.15) is 0 Å². The molecule has 0 radical (unpaired) electrons. The largest absolute Gasteiger partial charge is 0.497 e. The van der Waals surface area contributed by atoms with Gasteiger partial charge in [0.25, 0.3) is 5.91 Å². The maximum absolute atomic E-state index is 12.5. The van der Waals surface area contributed by atoms with Crippen LogP contribution >= 0.6 is 0 Å². The number of methoxy groups -OCH3 is 1. The van der Waals surface area contributed by atoms with Crippen molar-refractivity contribution < 1.29 is 13.9 Å². The van der Waals surface area contributed by atoms with Crippen LogP contribution < -0.4 is 4.74 Å². The lowest BCUT2D eigenvalue weighted by Crippen LogP contribution is -2.38. The minimum atomic E-state index is 0.0194. The van der Waals surface area contributed by atoms with Crippen LogP contribution in [0.25, 0.3) is 11.5 Å². The molecule has 0 unspecified atom stereocenters. The van der Waals surface area contributed by atoms with Gasteiger partial charge in [-0.15, -0.1) is 10.2 Å². The van der Waals surface area contributed by atoms with Crippen molar-refractivity contribution in [3.63, 3.8) is 0 Å². The van der Waals surface area contributed by atoms with Crippen molar-refractivity contribution in [2.75, 3.05) is 20.2 Å². The summed E-state index contributed by atoms with van der Waals surface area (Å²) in [6.45, 7) is 1.33. The van der Waals surface area contributed by atoms with Gasteiger partial charge >= 0.3 is 0 Å². The van der Waals surface area contributed by atoms with Gasteiger partial charge < -0.3 is 14.1 Å². The molecule has 0 aliphatic carbocycles. The number of aromatic nitrogens is 3. The maximum atomic E-state index is 12.5. The van der Waals surface area contributed by atoms with Gasteiger partial charge in [0.2, 0.25) is 11.8 Å². The molecule has 2 aromatic heterocycles. The zero-order chi connectivity index (χ0) is 18.6. The number of piperidine rings is 1. The van der Waals surface area contributed by atoms with Gasteiger partial charge in [0.05, 0.1) is 12.7 Å². The van der Waals surface area contributed by atoms with Crippen LogP contribution in [-0.4, -0.2) is 46.2 Å². The fourth-order valence-corrected chi connectivity index (χ4v) is 3.25. The van der Waals surface area contributed by atoms with Crippen molar-refractivity contribution in [3.8, 4) is 17.2 Å². The van der Waals surface area contributed by atoms with E-state index in [-0.39, 0.29) is 11.8 Å². The first-order valence-electron chi connectivity index (χ1n) is 8.91. The summed E-state index contributed by atoms with van der Waals surface area (Å²) in [6.07, 6.45) is 4.87. The third-order valence-corrected chi connectivity index (χ3v) is 4.82. The first kappa shape index (κ1) is 17.2. The average molecular weight is 364 g/mol. The Hall–Kier alpha value is -3.22. The Morgan fingerprint density at radius 3 is 2.59 bits per heavy atom. The molecular formula is C20H20N4O3. The van der Waals surface area contributed by atoms with E-state index in [0.29, 0.717) is 30.4 Å². The molecule has 0 bridgehead atoms. The third kappa shape index (κ3) is 3.67. The number of rotatable bonds is 4. The number of amides is 1. The minimum absolute atomic E-state index is 0.0194. The lowest BCUT2D eigenvalue weighted by Gasteiger charge is -2.30. The smallest absolute Gasteiger partial charge is 0.255 e. The molecule has 0 saturated carbocycles. The van der Waals surface area contributed by atoms with Gasteiger partial charge in [-0.25, -0.2) is 0 Å². The van der Waals surface area contributed by atoms with E-state index in [1.807, 2.05) is 29.2 Å². The zero-order valence-corrected chi connectivity index (χ0v) is 15.0. The molecule has 7 heteroatoms. The SMILES string of the molecule is COc1ccc(-c2nnc(C3CCN(C(=O)c4cccnc4)CC3)o2)cc1. The summed E-state index contributed by atoms with van der Waals surface area (Å²) in [5.41, 5.74) is 1.48. The average Bonchev–Trinajstić information content (AvgIpc) is 3.24. The van der Waals surface area contributed by atoms with Crippen molar-refractivity contribution in [1.29, 1.82) is 0 Å². The van der Waals surface area contributed by atoms with Crippen LogP contribution in [0.15, 0.2) is 53.2 Å². The molecule has 1 saturated heterocycles. The van der Waals surface area contributed by atoms with Gasteiger partial charge in [-0.1, -0.05) is 0 Å². The molecule has 27 heavy (non-hydrogen) atoms. The number of benzene rings is 1. The zero-order valence-electron chi connectivity index (χ0n) is 15.0. The van der Waals surface area contributed by atoms with E-state index >= 15 is 0 Å². The lowest BCUT2D eigenvalue weighted by molar-refractivity contribution is 0.0706. The molecule has 0 atom stereocenters. The fraction of sp³-hybridized carbons (Fsp3) is 0.300. The summed E-state index contributed by atoms with van der Waals surface area (Å²) in [4.78, 5) is 18.4. The Kier molecular flexibility index (Phi) is 4.82. The first-order valence-corrected chi connectivity index (χ1v) is 8.91. The van der Waals surface area contributed by atoms with E-state index < -0.39 is 0 Å². The molecule has 1 aliphatic heterocycles. The monoisotopic (exact) mass is 364 g/mol. The minimum Gasteiger partial charge on any atom is -0.497 e. The topological polar surface area (TPSA) is 81.4 Å². The van der Waals surface area contributed by atoms with E-state index in [1.54, 1.807) is 31.6 Å². The van der Waals surface area contributed by atoms with Crippen LogP contribution in [0.5, 0.6) is 5.75 Å². The predicted molar refractivity (Wildman–Crippen MR) is 98.4 cm³/mol. The summed E-state index contributed by atoms with van der Waals surface area (Å²) in [5, 5.41) is 8.40. The van der Waals surface area contributed by atoms with Crippen molar-refractivity contribution in [2.45, 2.75) is 18.8 Å². The van der Waals surface area contributed by atoms with E-state index in [2.05, 4.69) is 15.2 Å². The predicted octanol–water partition coefficient (Wildman–Crippen LogP) is 3.16. The number of hydrogen-bond donors (Lipinski definition) is 0. The van der Waals surface area contributed by atoms with Crippen molar-refractivity contribution >= 4 is 5.91 Å². The number of carbonyl (C=O) groups excluding carboxylic acids is 1. The second kappa shape index (κ2) is 7.57. The van der Waals surface area contributed by atoms with Crippen LogP contribution in [0, 0.1) is 0 Å². The summed E-state index contributed by atoms with van der Waals surface area (Å²) in [5.74, 6) is 2.11. The van der Waals surface area contributed by atoms with Crippen LogP contribution in [0.3, 0.4) is 0 Å². The second-order valence-corrected chi connectivity index (χ2v) is 6.48. The Morgan fingerprint density at radius 1 is 1.15 bits per heavy atom. The number of carbonyl (C=O) groups is 1. The number of likely N-dealkylation sites (tertiary alicyclic amines) is 1. The fourth-order valence-electron chi connectivity index (χ4n) is 3.25. The highest BCUT2D eigenvalue weighted by molar-refractivity contribution is 5.93. The summed E-state index contributed by atoms with van der Waals surface area (Å²) >= 11 is 0. The van der Waals surface area contributed by atoms with Crippen LogP contribution in [0.1, 0.15) is 35.0 Å². The van der Waals surface area contributed by atoms with Crippen molar-refractivity contribution in [2.24, 2.45) is 0 Å². The lowest BCUT2D eigenvalue weighted by atomic mass is 9.96. The van der Waals surface area contributed by atoms with Crippen LogP contribution in [0.2, 0.25) is 0 Å². The van der Waals surface area contributed by atoms with Gasteiger partial charge in [0.1, 0.15) is 5.75 Å². The molecule has 1 fully saturated rings. The molecule has 7 nitrogen and oxygen atoms in total. The Bertz CT molecular complexity index is 900. The van der Waals surface area contributed by atoms with E-state index in [9.17, 15) is 4.79 Å². The number of hydrogen-bond acceptors (Lipinski definition) is 6. The molecule has 3 aromatic rings. The van der Waals surface area contributed by atoms with Crippen molar-refractivity contribution in [1.82, 2.24) is 20.1 Å². The van der Waals surface area contributed by atoms with Gasteiger partial charge in [-0.05, 0) is 49.2 Å². The van der Waals surface area contributed by atoms with E-state index in [1.165, 1.54) is 0 Å². The summed E-state index contributed by atoms with van der Waals surface area (Å²) in [6, 6.07) is 11.1. The maximum Gasteiger partial charge on any atom is 0.255 e. The molecule has 1 aliphatic rings. The van der Waals surface area contributed by atoms with Gasteiger partial charge in [-0.3, -0.25) is 9.78 Å². The third-order valence-electron chi connectivity index (χ3n) is 4.82. The molecule has 0 N–H and O–H groups in total. The van der Waals surface area contributed by atoms with Crippen LogP contribution in [0.4, 0.5) is 0 Å². The molecule has 0 spiro atoms. The van der Waals surface area contributed by atoms with Crippen molar-refractivity contribution in [3.05, 3.63) is 60.2 Å². The number of nitrogens with zero attached hydrogens (tertiary/aromatic N) is 4. The highest BCUT2D eigenvalue weighted by Gasteiger charge is 2.28. The Balaban J connectivity index is 1.40. The highest BCUT2D eigenvalue weighted by atomic mass is 16.5. The van der Waals surface area contributed by atoms with E-state index in [4.69, 9.17) is 9.15 Å². The molecule has 3 heterocycles. The highest BCUT2D eigenvalue weighted by Crippen LogP contribution is 2.30. The number of pyridine rings is 1. The van der Waals surface area contributed by atoms with E-state index in [0.717, 1.165) is 24.2 Å². The number of ether oxygens (including phenoxy) is 1.